The summed E-state index contributed by atoms with van der Waals surface area (Å²) in [5, 5.41) is 8.90. The summed E-state index contributed by atoms with van der Waals surface area (Å²) in [7, 11) is 0. The monoisotopic (exact) mass is 339 g/mol. The van der Waals surface area contributed by atoms with Crippen LogP contribution in [0, 0.1) is 3.57 Å². The van der Waals surface area contributed by atoms with Crippen LogP contribution in [0.15, 0.2) is 6.20 Å². The van der Waals surface area contributed by atoms with Crippen LogP contribution in [0.25, 0.3) is 0 Å². The molecule has 2 nitrogen and oxygen atoms in total. The molecule has 0 aliphatic rings. The molecular weight excluding hydrogens is 336 g/mol. The van der Waals surface area contributed by atoms with E-state index in [0.29, 0.717) is 6.20 Å². The second kappa shape index (κ2) is 4.06. The second-order valence-electron chi connectivity index (χ2n) is 2.52. The molecule has 0 spiro atoms. The molecule has 0 saturated heterocycles. The van der Waals surface area contributed by atoms with E-state index in [-0.39, 0.29) is 0 Å². The smallest absolute Gasteiger partial charge is 0.421 e. The van der Waals surface area contributed by atoms with E-state index in [2.05, 4.69) is 4.98 Å². The molecule has 84 valence electrons. The lowest BCUT2D eigenvalue weighted by atomic mass is 10.2. The van der Waals surface area contributed by atoms with Gasteiger partial charge in [0.1, 0.15) is 17.0 Å². The van der Waals surface area contributed by atoms with E-state index in [9.17, 15) is 22.0 Å². The van der Waals surface area contributed by atoms with Gasteiger partial charge in [0.05, 0.1) is 9.77 Å². The summed E-state index contributed by atoms with van der Waals surface area (Å²) in [6.07, 6.45) is -7.63. The molecule has 0 aromatic carbocycles. The van der Waals surface area contributed by atoms with E-state index in [1.807, 2.05) is 0 Å². The van der Waals surface area contributed by atoms with Crippen molar-refractivity contribution in [3.8, 4) is 5.75 Å². The van der Waals surface area contributed by atoms with Crippen LogP contribution in [0.5, 0.6) is 5.75 Å². The summed E-state index contributed by atoms with van der Waals surface area (Å²) >= 11 is 1.08. The number of aromatic nitrogens is 1. The number of nitrogens with zero attached hydrogens (tertiary/aromatic N) is 1. The van der Waals surface area contributed by atoms with Crippen LogP contribution in [0.1, 0.15) is 17.7 Å². The first kappa shape index (κ1) is 12.4. The van der Waals surface area contributed by atoms with Crippen LogP contribution in [0.4, 0.5) is 22.0 Å². The average molecular weight is 339 g/mol. The molecule has 0 aliphatic carbocycles. The second-order valence-corrected chi connectivity index (χ2v) is 3.59. The predicted octanol–water partition coefficient (Wildman–Crippen LogP) is 3.35. The number of aromatic hydroxyl groups is 1. The molecule has 0 fully saturated rings. The molecule has 1 aromatic rings. The highest BCUT2D eigenvalue weighted by atomic mass is 127. The van der Waals surface area contributed by atoms with Gasteiger partial charge >= 0.3 is 6.18 Å². The van der Waals surface area contributed by atoms with Gasteiger partial charge in [-0.2, -0.15) is 13.2 Å². The Balaban J connectivity index is 3.44. The van der Waals surface area contributed by atoms with Crippen molar-refractivity contribution in [1.82, 2.24) is 4.98 Å². The van der Waals surface area contributed by atoms with Gasteiger partial charge in [0.15, 0.2) is 0 Å². The highest BCUT2D eigenvalue weighted by Crippen LogP contribution is 2.40. The molecule has 0 saturated carbocycles. The normalized spacial score (nSPS) is 12.2. The molecule has 0 bridgehead atoms. The van der Waals surface area contributed by atoms with E-state index in [0.717, 1.165) is 22.6 Å². The minimum absolute atomic E-state index is 0.368. The van der Waals surface area contributed by atoms with Crippen LogP contribution in [-0.4, -0.2) is 10.1 Å². The lowest BCUT2D eigenvalue weighted by Gasteiger charge is -2.13. The first-order chi connectivity index (χ1) is 6.75. The predicted molar refractivity (Wildman–Crippen MR) is 48.6 cm³/mol. The van der Waals surface area contributed by atoms with Gasteiger partial charge in [0.25, 0.3) is 6.43 Å². The Hall–Kier alpha value is -0.670. The summed E-state index contributed by atoms with van der Waals surface area (Å²) in [5.41, 5.74) is -2.46. The first-order valence-electron chi connectivity index (χ1n) is 3.48. The van der Waals surface area contributed by atoms with Crippen LogP contribution in [0.3, 0.4) is 0 Å². The van der Waals surface area contributed by atoms with Gasteiger partial charge in [0.2, 0.25) is 0 Å². The first-order valence-corrected chi connectivity index (χ1v) is 4.55. The minimum atomic E-state index is -4.88. The third-order valence-electron chi connectivity index (χ3n) is 1.52. The SMILES string of the molecule is Oc1cnc(C(F)F)c(I)c1C(F)(F)F. The van der Waals surface area contributed by atoms with Crippen molar-refractivity contribution in [1.29, 1.82) is 0 Å². The molecule has 0 atom stereocenters. The Kier molecular flexibility index (Phi) is 3.36. The molecule has 0 amide bonds. The quantitative estimate of drug-likeness (QED) is 0.629. The van der Waals surface area contributed by atoms with Crippen LogP contribution < -0.4 is 0 Å². The van der Waals surface area contributed by atoms with Gasteiger partial charge in [-0.3, -0.25) is 4.98 Å². The minimum Gasteiger partial charge on any atom is -0.506 e. The molecule has 1 aromatic heterocycles. The van der Waals surface area contributed by atoms with Gasteiger partial charge in [-0.25, -0.2) is 8.78 Å². The van der Waals surface area contributed by atoms with Gasteiger partial charge in [-0.05, 0) is 22.6 Å². The fraction of sp³-hybridized carbons (Fsp3) is 0.286. The Morgan fingerprint density at radius 3 is 2.27 bits per heavy atom. The zero-order valence-electron chi connectivity index (χ0n) is 6.82. The molecule has 15 heavy (non-hydrogen) atoms. The van der Waals surface area contributed by atoms with Crippen LogP contribution in [-0.2, 0) is 6.18 Å². The number of hydrogen-bond donors (Lipinski definition) is 1. The Morgan fingerprint density at radius 2 is 1.87 bits per heavy atom. The molecule has 1 N–H and O–H groups in total. The molecule has 1 rings (SSSR count). The fourth-order valence-corrected chi connectivity index (χ4v) is 1.87. The highest BCUT2D eigenvalue weighted by molar-refractivity contribution is 14.1. The molecule has 1 heterocycles. The fourth-order valence-electron chi connectivity index (χ4n) is 0.914. The van der Waals surface area contributed by atoms with Crippen LogP contribution >= 0.6 is 22.6 Å². The Bertz CT molecular complexity index is 378. The van der Waals surface area contributed by atoms with Gasteiger partial charge in [0, 0.05) is 0 Å². The third kappa shape index (κ3) is 2.47. The van der Waals surface area contributed by atoms with E-state index in [4.69, 9.17) is 5.11 Å². The number of pyridine rings is 1. The maximum atomic E-state index is 12.3. The number of hydrogen-bond acceptors (Lipinski definition) is 2. The van der Waals surface area contributed by atoms with E-state index in [1.165, 1.54) is 0 Å². The highest BCUT2D eigenvalue weighted by Gasteiger charge is 2.38. The van der Waals surface area contributed by atoms with Crippen molar-refractivity contribution in [2.24, 2.45) is 0 Å². The summed E-state index contributed by atoms with van der Waals surface area (Å²) < 4.78 is 60.6. The lowest BCUT2D eigenvalue weighted by molar-refractivity contribution is -0.139. The standard InChI is InChI=1S/C7H3F5INO/c8-6(9)5-4(13)3(7(10,11)12)2(15)1-14-5/h1,6,15H. The Morgan fingerprint density at radius 1 is 1.33 bits per heavy atom. The summed E-state index contributed by atoms with van der Waals surface area (Å²) in [6, 6.07) is 0. The summed E-state index contributed by atoms with van der Waals surface area (Å²) in [4.78, 5) is 3.04. The summed E-state index contributed by atoms with van der Waals surface area (Å²) in [5.74, 6) is -1.16. The van der Waals surface area contributed by atoms with Crippen molar-refractivity contribution < 1.29 is 27.1 Å². The molecular formula is C7H3F5INO. The van der Waals surface area contributed by atoms with E-state index >= 15 is 0 Å². The maximum absolute atomic E-state index is 12.3. The molecule has 8 heteroatoms. The van der Waals surface area contributed by atoms with E-state index in [1.54, 1.807) is 0 Å². The molecule has 0 unspecified atom stereocenters. The number of alkyl halides is 5. The summed E-state index contributed by atoms with van der Waals surface area (Å²) in [6.45, 7) is 0. The largest absolute Gasteiger partial charge is 0.506 e. The number of rotatable bonds is 1. The van der Waals surface area contributed by atoms with Crippen molar-refractivity contribution in [2.45, 2.75) is 12.6 Å². The van der Waals surface area contributed by atoms with Crippen molar-refractivity contribution in [2.75, 3.05) is 0 Å². The van der Waals surface area contributed by atoms with Crippen molar-refractivity contribution in [3.63, 3.8) is 0 Å². The van der Waals surface area contributed by atoms with Gasteiger partial charge in [-0.15, -0.1) is 0 Å². The topological polar surface area (TPSA) is 33.1 Å². The zero-order valence-corrected chi connectivity index (χ0v) is 8.97. The van der Waals surface area contributed by atoms with Crippen molar-refractivity contribution >= 4 is 22.6 Å². The Labute approximate surface area is 94.3 Å². The van der Waals surface area contributed by atoms with Crippen LogP contribution in [0.2, 0.25) is 0 Å². The average Bonchev–Trinajstić information content (AvgIpc) is 2.00. The lowest BCUT2D eigenvalue weighted by Crippen LogP contribution is -2.11. The van der Waals surface area contributed by atoms with Gasteiger partial charge in [-0.1, -0.05) is 0 Å². The third-order valence-corrected chi connectivity index (χ3v) is 2.61. The zero-order chi connectivity index (χ0) is 11.8. The maximum Gasteiger partial charge on any atom is 0.421 e. The molecule has 0 aliphatic heterocycles. The molecule has 0 radical (unpaired) electrons. The van der Waals surface area contributed by atoms with Gasteiger partial charge < -0.3 is 5.11 Å². The number of halogens is 6. The van der Waals surface area contributed by atoms with Crippen molar-refractivity contribution in [3.05, 3.63) is 21.0 Å². The van der Waals surface area contributed by atoms with E-state index < -0.39 is 33.2 Å².